The van der Waals surface area contributed by atoms with Crippen LogP contribution < -0.4 is 16.0 Å². The summed E-state index contributed by atoms with van der Waals surface area (Å²) in [7, 11) is 5.21. The predicted molar refractivity (Wildman–Crippen MR) is 273 cm³/mol. The van der Waals surface area contributed by atoms with Crippen LogP contribution in [0.4, 0.5) is 15.3 Å². The molecule has 5 heterocycles. The number of Topliss-reactive ketones (excluding diaryl/α,β-unsaturated/α-hetero) is 1. The van der Waals surface area contributed by atoms with E-state index in [1.807, 2.05) is 58.1 Å². The molecule has 410 valence electrons. The van der Waals surface area contributed by atoms with Crippen LogP contribution in [0.15, 0.2) is 42.7 Å². The van der Waals surface area contributed by atoms with Crippen LogP contribution in [-0.2, 0) is 44.6 Å². The SMILES string of the molecule is CC[C@H]1OC(=O)[C@H](C)C(=O)[C@H](C)[C@@H](O[C@@H]2OC(CNC(=O)c3cc[nH]n3)CC(N(C)C)C2O)[C@](C)(OC)C[C@@H](C)CN[C@H](C)[C@H]2N(CCCCn3cc(-c4cccc(NC(=O)OC(C)(C)C)c4)nn3)C(=O)O[C@]12C. The van der Waals surface area contributed by atoms with Crippen LogP contribution in [-0.4, -0.2) is 176 Å². The first-order valence-corrected chi connectivity index (χ1v) is 25.8. The summed E-state index contributed by atoms with van der Waals surface area (Å²) in [4.78, 5) is 71.7. The van der Waals surface area contributed by atoms with Gasteiger partial charge >= 0.3 is 18.2 Å². The number of unbranched alkanes of at least 4 members (excludes halogenated alkanes) is 1. The topological polar surface area (TPSA) is 263 Å². The highest BCUT2D eigenvalue weighted by Gasteiger charge is 2.59. The molecule has 3 saturated heterocycles. The van der Waals surface area contributed by atoms with Gasteiger partial charge in [-0.05, 0) is 125 Å². The first-order valence-electron chi connectivity index (χ1n) is 25.8. The zero-order chi connectivity index (χ0) is 54.3. The predicted octanol–water partition coefficient (Wildman–Crippen LogP) is 5.18. The molecule has 22 heteroatoms. The van der Waals surface area contributed by atoms with E-state index in [0.717, 1.165) is 5.56 Å². The van der Waals surface area contributed by atoms with Gasteiger partial charge in [0.2, 0.25) is 0 Å². The number of aliphatic hydroxyl groups excluding tert-OH is 1. The summed E-state index contributed by atoms with van der Waals surface area (Å²) in [6.07, 6.45) is -0.453. The van der Waals surface area contributed by atoms with E-state index >= 15 is 0 Å². The lowest BCUT2D eigenvalue weighted by Crippen LogP contribution is -2.61. The van der Waals surface area contributed by atoms with Gasteiger partial charge in [0.1, 0.15) is 35.1 Å². The summed E-state index contributed by atoms with van der Waals surface area (Å²) in [6.45, 7) is 19.5. The monoisotopic (exact) mass is 1040 g/mol. The molecule has 3 aliphatic rings. The molecule has 3 fully saturated rings. The molecule has 3 aromatic rings. The van der Waals surface area contributed by atoms with Gasteiger partial charge in [-0.3, -0.25) is 34.4 Å². The van der Waals surface area contributed by atoms with E-state index < -0.39 is 101 Å². The van der Waals surface area contributed by atoms with Crippen molar-refractivity contribution in [3.05, 3.63) is 48.4 Å². The van der Waals surface area contributed by atoms with Crippen molar-refractivity contribution in [2.75, 3.05) is 46.2 Å². The number of H-pyrrole nitrogens is 1. The van der Waals surface area contributed by atoms with Crippen molar-refractivity contribution >= 4 is 35.5 Å². The molecule has 13 atom stereocenters. The molecule has 0 saturated carbocycles. The molecule has 0 aliphatic carbocycles. The molecule has 2 aromatic heterocycles. The van der Waals surface area contributed by atoms with Gasteiger partial charge in [0.05, 0.1) is 30.0 Å². The van der Waals surface area contributed by atoms with E-state index in [1.165, 1.54) is 6.92 Å². The lowest BCUT2D eigenvalue weighted by molar-refractivity contribution is -0.296. The summed E-state index contributed by atoms with van der Waals surface area (Å²) in [6, 6.07) is 7.40. The standard InChI is InChI=1S/C52H80N10O12/c1-14-40-52(10)43(62(49(68)74-52)23-16-15-22-61-29-38(58-59-61)34-18-17-19-35(24-34)56-48(67)73-50(6,7)8)33(5)53-27-30(2)26-51(9,69-13)44(31(3)41(63)32(4)46(66)71-40)72-47-42(64)39(60(11)12)25-36(70-47)28-54-45(65)37-20-21-55-57-37/h17-21,24,29-33,36,39-40,42-44,47,53,64H,14-16,22-23,25-28H2,1-13H3,(H,54,65)(H,55,57)(H,56,67)/t30-,31+,32-,33-,36?,39?,40-,42?,43-,44-,47+,51-,52-/m1/s1. The first-order chi connectivity index (χ1) is 34.9. The van der Waals surface area contributed by atoms with Crippen LogP contribution in [0, 0.1) is 17.8 Å². The second-order valence-electron chi connectivity index (χ2n) is 21.9. The lowest BCUT2D eigenvalue weighted by atomic mass is 9.78. The molecule has 0 radical (unpaired) electrons. The number of nitrogens with one attached hydrogen (secondary N) is 4. The van der Waals surface area contributed by atoms with Crippen molar-refractivity contribution in [1.29, 1.82) is 0 Å². The maximum Gasteiger partial charge on any atom is 0.412 e. The van der Waals surface area contributed by atoms with Gasteiger partial charge in [-0.2, -0.15) is 5.10 Å². The second-order valence-corrected chi connectivity index (χ2v) is 21.9. The Morgan fingerprint density at radius 3 is 2.45 bits per heavy atom. The van der Waals surface area contributed by atoms with Gasteiger partial charge in [-0.15, -0.1) is 5.10 Å². The van der Waals surface area contributed by atoms with Gasteiger partial charge < -0.3 is 49.1 Å². The van der Waals surface area contributed by atoms with Crippen molar-refractivity contribution in [1.82, 2.24) is 45.6 Å². The average Bonchev–Trinajstić information content (AvgIpc) is 4.12. The molecule has 0 bridgehead atoms. The molecule has 1 aromatic carbocycles. The number of aromatic amines is 1. The van der Waals surface area contributed by atoms with Crippen LogP contribution in [0.25, 0.3) is 11.3 Å². The lowest BCUT2D eigenvalue weighted by Gasteiger charge is -2.47. The number of methoxy groups -OCH3 is 1. The Labute approximate surface area is 434 Å². The molecule has 22 nitrogen and oxygen atoms in total. The number of carbonyl (C=O) groups excluding carboxylic acids is 5. The number of ketones is 1. The Kier molecular flexibility index (Phi) is 19.1. The van der Waals surface area contributed by atoms with Gasteiger partial charge in [0.15, 0.2) is 17.7 Å². The Morgan fingerprint density at radius 1 is 1.05 bits per heavy atom. The highest BCUT2D eigenvalue weighted by molar-refractivity contribution is 6.00. The summed E-state index contributed by atoms with van der Waals surface area (Å²) in [5.41, 5.74) is -0.972. The number of aromatic nitrogens is 5. The van der Waals surface area contributed by atoms with Gasteiger partial charge in [-0.1, -0.05) is 38.1 Å². The van der Waals surface area contributed by atoms with Crippen LogP contribution in [0.2, 0.25) is 0 Å². The summed E-state index contributed by atoms with van der Waals surface area (Å²) in [5.74, 6) is -4.01. The fourth-order valence-electron chi connectivity index (χ4n) is 10.6. The fourth-order valence-corrected chi connectivity index (χ4v) is 10.6. The summed E-state index contributed by atoms with van der Waals surface area (Å²) >= 11 is 0. The summed E-state index contributed by atoms with van der Waals surface area (Å²) in [5, 5.41) is 36.4. The molecule has 5 N–H and O–H groups in total. The smallest absolute Gasteiger partial charge is 0.412 e. The van der Waals surface area contributed by atoms with E-state index in [1.54, 1.807) is 75.7 Å². The van der Waals surface area contributed by atoms with E-state index in [-0.39, 0.29) is 30.6 Å². The van der Waals surface area contributed by atoms with E-state index in [2.05, 4.69) is 43.4 Å². The Morgan fingerprint density at radius 2 is 1.78 bits per heavy atom. The van der Waals surface area contributed by atoms with E-state index in [0.29, 0.717) is 56.7 Å². The maximum atomic E-state index is 14.7. The molecular formula is C52H80N10O12. The number of anilines is 1. The van der Waals surface area contributed by atoms with Gasteiger partial charge in [0.25, 0.3) is 5.91 Å². The number of amides is 3. The minimum absolute atomic E-state index is 0.0954. The van der Waals surface area contributed by atoms with Crippen molar-refractivity contribution < 1.29 is 57.5 Å². The molecule has 3 aliphatic heterocycles. The molecule has 6 rings (SSSR count). The third-order valence-corrected chi connectivity index (χ3v) is 14.6. The van der Waals surface area contributed by atoms with Crippen LogP contribution in [0.5, 0.6) is 0 Å². The third kappa shape index (κ3) is 13.8. The number of hydrogen-bond acceptors (Lipinski definition) is 17. The fraction of sp³-hybridized carbons (Fsp3) is 0.692. The van der Waals surface area contributed by atoms with Crippen molar-refractivity contribution in [2.24, 2.45) is 17.8 Å². The molecule has 3 unspecified atom stereocenters. The van der Waals surface area contributed by atoms with Crippen LogP contribution in [0.3, 0.4) is 0 Å². The van der Waals surface area contributed by atoms with E-state index in [9.17, 15) is 29.1 Å². The summed E-state index contributed by atoms with van der Waals surface area (Å²) < 4.78 is 39.1. The highest BCUT2D eigenvalue weighted by Crippen LogP contribution is 2.40. The highest BCUT2D eigenvalue weighted by atomic mass is 16.7. The quantitative estimate of drug-likeness (QED) is 0.0568. The van der Waals surface area contributed by atoms with Gasteiger partial charge in [0, 0.05) is 62.2 Å². The van der Waals surface area contributed by atoms with Crippen molar-refractivity contribution in [3.8, 4) is 11.3 Å². The Balaban J connectivity index is 1.18. The Hall–Kier alpha value is -5.52. The average molecular weight is 1040 g/mol. The van der Waals surface area contributed by atoms with Gasteiger partial charge in [-0.25, -0.2) is 9.59 Å². The number of carbonyl (C=O) groups is 5. The minimum Gasteiger partial charge on any atom is -0.458 e. The zero-order valence-corrected chi connectivity index (χ0v) is 45.4. The zero-order valence-electron chi connectivity index (χ0n) is 45.4. The maximum absolute atomic E-state index is 14.7. The van der Waals surface area contributed by atoms with E-state index in [4.69, 9.17) is 28.4 Å². The normalized spacial score (nSPS) is 31.5. The van der Waals surface area contributed by atoms with Crippen molar-refractivity contribution in [2.45, 2.75) is 174 Å². The van der Waals surface area contributed by atoms with Crippen LogP contribution >= 0.6 is 0 Å². The number of esters is 1. The number of fused-ring (bicyclic) bond motifs is 1. The number of ether oxygens (including phenoxy) is 6. The number of likely N-dealkylation sites (N-methyl/N-ethyl adjacent to an activating group) is 1. The third-order valence-electron chi connectivity index (χ3n) is 14.6. The number of aliphatic hydroxyl groups is 1. The molecule has 3 amide bonds. The van der Waals surface area contributed by atoms with Crippen molar-refractivity contribution in [3.63, 3.8) is 0 Å². The number of aryl methyl sites for hydroxylation is 1. The largest absolute Gasteiger partial charge is 0.458 e. The minimum atomic E-state index is -1.31. The molecule has 74 heavy (non-hydrogen) atoms. The number of hydrogen-bond donors (Lipinski definition) is 5. The van der Waals surface area contributed by atoms with Crippen LogP contribution in [0.1, 0.15) is 112 Å². The first kappa shape index (κ1) is 57.8. The number of benzene rings is 1. The second kappa shape index (κ2) is 24.4. The molecule has 0 spiro atoms. The number of cyclic esters (lactones) is 1. The Bertz CT molecular complexity index is 2380. The molecular weight excluding hydrogens is 957 g/mol. The number of nitrogens with zero attached hydrogens (tertiary/aromatic N) is 6. The number of rotatable bonds is 15.